The highest BCUT2D eigenvalue weighted by atomic mass is 16.3. The predicted molar refractivity (Wildman–Crippen MR) is 231 cm³/mol. The van der Waals surface area contributed by atoms with Gasteiger partial charge in [0.2, 0.25) is 0 Å². The number of benzene rings is 7. The zero-order valence-electron chi connectivity index (χ0n) is 30.2. The van der Waals surface area contributed by atoms with Gasteiger partial charge in [0.1, 0.15) is 22.5 Å². The molecular weight excluding hydrogens is 671 g/mol. The van der Waals surface area contributed by atoms with Crippen LogP contribution in [0.3, 0.4) is 0 Å². The van der Waals surface area contributed by atoms with Gasteiger partial charge in [-0.1, -0.05) is 146 Å². The second kappa shape index (κ2) is 13.7. The van der Waals surface area contributed by atoms with E-state index < -0.39 is 0 Å². The van der Waals surface area contributed by atoms with Crippen LogP contribution < -0.4 is 4.90 Å². The van der Waals surface area contributed by atoms with Gasteiger partial charge >= 0.3 is 0 Å². The van der Waals surface area contributed by atoms with Crippen LogP contribution in [0.5, 0.6) is 0 Å². The minimum atomic E-state index is 0.242. The molecule has 0 amide bonds. The molecule has 0 bridgehead atoms. The fraction of sp³-hybridized carbons (Fsp3) is 0.0385. The second-order valence-corrected chi connectivity index (χ2v) is 14.0. The Labute approximate surface area is 320 Å². The van der Waals surface area contributed by atoms with E-state index in [-0.39, 0.29) is 5.92 Å². The predicted octanol–water partition coefficient (Wildman–Crippen LogP) is 14.7. The van der Waals surface area contributed by atoms with Gasteiger partial charge in [0.25, 0.3) is 0 Å². The van der Waals surface area contributed by atoms with Gasteiger partial charge in [-0.25, -0.2) is 0 Å². The number of hydrogen-bond acceptors (Lipinski definition) is 3. The molecule has 1 aliphatic rings. The monoisotopic (exact) mass is 707 g/mol. The second-order valence-electron chi connectivity index (χ2n) is 14.0. The molecule has 3 heteroatoms. The number of furan rings is 2. The van der Waals surface area contributed by atoms with Crippen molar-refractivity contribution in [3.63, 3.8) is 0 Å². The van der Waals surface area contributed by atoms with Gasteiger partial charge < -0.3 is 13.7 Å². The lowest BCUT2D eigenvalue weighted by atomic mass is 9.90. The fourth-order valence-electron chi connectivity index (χ4n) is 8.13. The molecule has 0 aliphatic heterocycles. The Balaban J connectivity index is 1.07. The summed E-state index contributed by atoms with van der Waals surface area (Å²) in [6.07, 6.45) is 14.1. The molecule has 0 fully saturated rings. The molecule has 1 unspecified atom stereocenters. The maximum absolute atomic E-state index is 6.44. The molecule has 0 saturated heterocycles. The Bertz CT molecular complexity index is 2990. The number of para-hydroxylation sites is 3. The Morgan fingerprint density at radius 3 is 2.20 bits per heavy atom. The van der Waals surface area contributed by atoms with Crippen LogP contribution in [0.25, 0.3) is 73.0 Å². The van der Waals surface area contributed by atoms with Crippen molar-refractivity contribution in [1.82, 2.24) is 0 Å². The van der Waals surface area contributed by atoms with Gasteiger partial charge in [0.15, 0.2) is 0 Å². The Kier molecular flexibility index (Phi) is 8.11. The van der Waals surface area contributed by atoms with Gasteiger partial charge in [-0.15, -0.1) is 0 Å². The zero-order valence-corrected chi connectivity index (χ0v) is 30.2. The van der Waals surface area contributed by atoms with E-state index >= 15 is 0 Å². The van der Waals surface area contributed by atoms with E-state index in [9.17, 15) is 0 Å². The molecule has 0 saturated carbocycles. The Morgan fingerprint density at radius 2 is 1.35 bits per heavy atom. The van der Waals surface area contributed by atoms with E-state index in [2.05, 4.69) is 187 Å². The van der Waals surface area contributed by atoms with Gasteiger partial charge in [0.05, 0.1) is 11.4 Å². The van der Waals surface area contributed by atoms with E-state index in [1.54, 1.807) is 0 Å². The first-order chi connectivity index (χ1) is 27.2. The summed E-state index contributed by atoms with van der Waals surface area (Å²) in [5, 5.41) is 5.63. The zero-order chi connectivity index (χ0) is 36.7. The van der Waals surface area contributed by atoms with Crippen LogP contribution in [0.4, 0.5) is 11.4 Å². The lowest BCUT2D eigenvalue weighted by Crippen LogP contribution is -2.19. The molecule has 55 heavy (non-hydrogen) atoms. The normalized spacial score (nSPS) is 14.3. The largest absolute Gasteiger partial charge is 0.456 e. The number of fused-ring (bicyclic) bond motifs is 6. The quantitative estimate of drug-likeness (QED) is 0.157. The molecule has 1 atom stereocenters. The summed E-state index contributed by atoms with van der Waals surface area (Å²) in [7, 11) is 0. The first-order valence-corrected chi connectivity index (χ1v) is 18.8. The van der Waals surface area contributed by atoms with Crippen molar-refractivity contribution in [3.05, 3.63) is 211 Å². The molecule has 2 aromatic heterocycles. The molecule has 3 nitrogen and oxygen atoms in total. The Hall–Kier alpha value is -7.10. The topological polar surface area (TPSA) is 29.5 Å². The molecule has 2 heterocycles. The molecular formula is C52H37NO2. The molecule has 1 aliphatic carbocycles. The summed E-state index contributed by atoms with van der Waals surface area (Å²) in [6, 6.07) is 55.6. The number of nitrogens with zero attached hydrogens (tertiary/aromatic N) is 1. The minimum absolute atomic E-state index is 0.242. The molecule has 10 rings (SSSR count). The maximum Gasteiger partial charge on any atom is 0.143 e. The van der Waals surface area contributed by atoms with Crippen molar-refractivity contribution in [3.8, 4) is 11.1 Å². The molecule has 9 aromatic rings. The van der Waals surface area contributed by atoms with Gasteiger partial charge in [0, 0.05) is 44.3 Å². The van der Waals surface area contributed by atoms with Crippen molar-refractivity contribution >= 4 is 73.3 Å². The van der Waals surface area contributed by atoms with Crippen LogP contribution in [0.2, 0.25) is 0 Å². The summed E-state index contributed by atoms with van der Waals surface area (Å²) >= 11 is 0. The smallest absolute Gasteiger partial charge is 0.143 e. The first-order valence-electron chi connectivity index (χ1n) is 18.8. The van der Waals surface area contributed by atoms with Gasteiger partial charge in [-0.3, -0.25) is 0 Å². The van der Waals surface area contributed by atoms with Crippen molar-refractivity contribution in [2.24, 2.45) is 0 Å². The number of anilines is 2. The summed E-state index contributed by atoms with van der Waals surface area (Å²) in [5.74, 6) is 1.00. The SMILES string of the molecule is C=Cc1oc2c(ccc3ccccc32)c1/C=C/c1ccccc1N(C1=CCC(c2ccc3oc4ccccc4c3c2)C=C1)c1ccccc1-c1ccccc1. The van der Waals surface area contributed by atoms with Crippen molar-refractivity contribution in [2.75, 3.05) is 4.90 Å². The summed E-state index contributed by atoms with van der Waals surface area (Å²) in [5.41, 5.74) is 11.8. The lowest BCUT2D eigenvalue weighted by Gasteiger charge is -2.32. The third kappa shape index (κ3) is 5.78. The fourth-order valence-corrected chi connectivity index (χ4v) is 8.13. The van der Waals surface area contributed by atoms with E-state index in [1.165, 1.54) is 11.1 Å². The highest BCUT2D eigenvalue weighted by Crippen LogP contribution is 2.43. The van der Waals surface area contributed by atoms with E-state index in [1.807, 2.05) is 18.2 Å². The van der Waals surface area contributed by atoms with Crippen LogP contribution in [-0.2, 0) is 0 Å². The third-order valence-corrected chi connectivity index (χ3v) is 10.8. The molecule has 262 valence electrons. The Morgan fingerprint density at radius 1 is 0.600 bits per heavy atom. The average Bonchev–Trinajstić information content (AvgIpc) is 3.82. The van der Waals surface area contributed by atoms with Crippen molar-refractivity contribution < 1.29 is 8.83 Å². The van der Waals surface area contributed by atoms with Crippen LogP contribution in [0.1, 0.15) is 34.8 Å². The minimum Gasteiger partial charge on any atom is -0.456 e. The van der Waals surface area contributed by atoms with E-state index in [4.69, 9.17) is 8.83 Å². The van der Waals surface area contributed by atoms with Crippen molar-refractivity contribution in [1.29, 1.82) is 0 Å². The molecule has 0 N–H and O–H groups in total. The van der Waals surface area contributed by atoms with Gasteiger partial charge in [-0.05, 0) is 83.1 Å². The van der Waals surface area contributed by atoms with E-state index in [0.29, 0.717) is 0 Å². The number of hydrogen-bond donors (Lipinski definition) is 0. The number of rotatable bonds is 8. The van der Waals surface area contributed by atoms with E-state index in [0.717, 1.165) is 89.6 Å². The van der Waals surface area contributed by atoms with Crippen LogP contribution in [0, 0.1) is 0 Å². The average molecular weight is 708 g/mol. The highest BCUT2D eigenvalue weighted by molar-refractivity contribution is 6.09. The molecule has 0 radical (unpaired) electrons. The summed E-state index contributed by atoms with van der Waals surface area (Å²) < 4.78 is 12.6. The summed E-state index contributed by atoms with van der Waals surface area (Å²) in [4.78, 5) is 2.41. The standard InChI is InChI=1S/C52H37NO2/c1-2-49-44(45-32-26-37-16-6-8-19-42(37)52(45)55-49)31-27-38-17-7-11-21-47(38)53(48-22-12-9-18-41(48)36-14-4-3-5-15-36)40-29-24-35(25-30-40)39-28-33-51-46(34-39)43-20-10-13-23-50(43)54-51/h2-24,26-35H,1,25H2/b31-27+. The molecule has 0 spiro atoms. The van der Waals surface area contributed by atoms with Crippen LogP contribution in [0.15, 0.2) is 197 Å². The number of allylic oxidation sites excluding steroid dienone is 3. The van der Waals surface area contributed by atoms with Crippen molar-refractivity contribution in [2.45, 2.75) is 12.3 Å². The summed E-state index contributed by atoms with van der Waals surface area (Å²) in [6.45, 7) is 4.10. The first kappa shape index (κ1) is 32.5. The molecule has 7 aromatic carbocycles. The van der Waals surface area contributed by atoms with Gasteiger partial charge in [-0.2, -0.15) is 0 Å². The van der Waals surface area contributed by atoms with Crippen LogP contribution >= 0.6 is 0 Å². The third-order valence-electron chi connectivity index (χ3n) is 10.8. The van der Waals surface area contributed by atoms with Crippen LogP contribution in [-0.4, -0.2) is 0 Å². The maximum atomic E-state index is 6.44. The lowest BCUT2D eigenvalue weighted by molar-refractivity contribution is 0.607. The highest BCUT2D eigenvalue weighted by Gasteiger charge is 2.23.